The largest absolute Gasteiger partial charge is 0.508 e. The van der Waals surface area contributed by atoms with Gasteiger partial charge in [0.25, 0.3) is 0 Å². The summed E-state index contributed by atoms with van der Waals surface area (Å²) in [4.78, 5) is 76.7. The van der Waals surface area contributed by atoms with E-state index >= 15 is 0 Å². The number of primary amides is 2. The van der Waals surface area contributed by atoms with Crippen LogP contribution in [0.1, 0.15) is 31.2 Å². The molecule has 1 aromatic rings. The first-order valence-electron chi connectivity index (χ1n) is 12.0. The summed E-state index contributed by atoms with van der Waals surface area (Å²) in [5.41, 5.74) is 26.9. The topological polar surface area (TPSA) is 321 Å². The molecule has 17 nitrogen and oxygen atoms in total. The Morgan fingerprint density at radius 1 is 0.775 bits per heavy atom. The van der Waals surface area contributed by atoms with Crippen molar-refractivity contribution in [3.8, 4) is 5.75 Å². The van der Waals surface area contributed by atoms with Gasteiger partial charge >= 0.3 is 5.97 Å². The van der Waals surface area contributed by atoms with Crippen LogP contribution >= 0.6 is 0 Å². The van der Waals surface area contributed by atoms with Gasteiger partial charge in [-0.05, 0) is 30.5 Å². The number of carbonyl (C=O) groups is 6. The van der Waals surface area contributed by atoms with Crippen molar-refractivity contribution in [2.75, 3.05) is 6.54 Å². The highest BCUT2D eigenvalue weighted by molar-refractivity contribution is 5.96. The quantitative estimate of drug-likeness (QED) is 0.0488. The van der Waals surface area contributed by atoms with Gasteiger partial charge in [0, 0.05) is 13.0 Å². The van der Waals surface area contributed by atoms with E-state index in [1.807, 2.05) is 0 Å². The Bertz CT molecular complexity index is 1110. The Hall–Kier alpha value is -4.93. The molecule has 5 amide bonds. The number of carbonyl (C=O) groups excluding carboxylic acids is 5. The van der Waals surface area contributed by atoms with E-state index in [1.54, 1.807) is 0 Å². The second kappa shape index (κ2) is 16.1. The lowest BCUT2D eigenvalue weighted by Crippen LogP contribution is -2.58. The van der Waals surface area contributed by atoms with E-state index in [9.17, 15) is 39.0 Å². The molecule has 1 aromatic carbocycles. The number of benzene rings is 1. The molecule has 0 radical (unpaired) electrons. The highest BCUT2D eigenvalue weighted by atomic mass is 16.4. The summed E-state index contributed by atoms with van der Waals surface area (Å²) >= 11 is 0. The zero-order chi connectivity index (χ0) is 30.4. The lowest BCUT2D eigenvalue weighted by molar-refractivity contribution is -0.142. The number of aliphatic imine (C=N–C) groups is 1. The molecule has 0 aromatic heterocycles. The molecule has 1 rings (SSSR count). The van der Waals surface area contributed by atoms with Crippen LogP contribution in [-0.4, -0.2) is 82.4 Å². The van der Waals surface area contributed by atoms with Crippen LogP contribution in [0.5, 0.6) is 5.75 Å². The number of carboxylic acid groups (broad SMARTS) is 1. The number of nitrogens with two attached hydrogens (primary N) is 5. The first-order chi connectivity index (χ1) is 18.7. The number of rotatable bonds is 17. The summed E-state index contributed by atoms with van der Waals surface area (Å²) in [5.74, 6) is -6.35. The molecule has 4 unspecified atom stereocenters. The standard InChI is InChI=1S/C23H35N9O8/c24-13(9-17(25)34)19(36)31-15(8-11-3-5-12(33)6-4-11)20(37)32-16(10-18(26)35)21(38)30-14(22(39)40)2-1-7-29-23(27)28/h3-6,13-16,33H,1-2,7-10,24H2,(H2,25,34)(H2,26,35)(H,30,38)(H,31,36)(H,32,37)(H,39,40)(H4,27,28,29). The van der Waals surface area contributed by atoms with Gasteiger partial charge in [-0.2, -0.15) is 0 Å². The number of amides is 5. The summed E-state index contributed by atoms with van der Waals surface area (Å²) in [6, 6.07) is -0.157. The second-order valence-corrected chi connectivity index (χ2v) is 8.79. The molecule has 0 saturated heterocycles. The summed E-state index contributed by atoms with van der Waals surface area (Å²) in [6.07, 6.45) is -1.25. The van der Waals surface area contributed by atoms with E-state index < -0.39 is 72.5 Å². The lowest BCUT2D eigenvalue weighted by Gasteiger charge is -2.25. The van der Waals surface area contributed by atoms with E-state index in [0.29, 0.717) is 5.56 Å². The Balaban J connectivity index is 3.11. The van der Waals surface area contributed by atoms with Gasteiger partial charge in [0.1, 0.15) is 23.9 Å². The maximum Gasteiger partial charge on any atom is 0.326 e. The predicted molar refractivity (Wildman–Crippen MR) is 141 cm³/mol. The second-order valence-electron chi connectivity index (χ2n) is 8.79. The molecule has 4 atom stereocenters. The summed E-state index contributed by atoms with van der Waals surface area (Å²) in [7, 11) is 0. The number of phenols is 1. The number of phenolic OH excluding ortho intramolecular Hbond substituents is 1. The number of carboxylic acids is 1. The number of nitrogens with one attached hydrogen (secondary N) is 3. The maximum atomic E-state index is 13.2. The van der Waals surface area contributed by atoms with E-state index in [-0.39, 0.29) is 37.5 Å². The van der Waals surface area contributed by atoms with Gasteiger partial charge in [-0.15, -0.1) is 0 Å². The fourth-order valence-corrected chi connectivity index (χ4v) is 3.38. The van der Waals surface area contributed by atoms with Crippen LogP contribution < -0.4 is 44.6 Å². The minimum atomic E-state index is -1.61. The highest BCUT2D eigenvalue weighted by Crippen LogP contribution is 2.12. The van der Waals surface area contributed by atoms with Crippen molar-refractivity contribution in [1.29, 1.82) is 0 Å². The summed E-state index contributed by atoms with van der Waals surface area (Å²) in [5, 5.41) is 25.9. The van der Waals surface area contributed by atoms with Gasteiger partial charge in [-0.3, -0.25) is 29.0 Å². The first kappa shape index (κ1) is 33.1. The van der Waals surface area contributed by atoms with Crippen molar-refractivity contribution in [3.05, 3.63) is 29.8 Å². The minimum Gasteiger partial charge on any atom is -0.508 e. The van der Waals surface area contributed by atoms with Gasteiger partial charge in [-0.1, -0.05) is 12.1 Å². The molecule has 0 fully saturated rings. The average Bonchev–Trinajstić information content (AvgIpc) is 2.85. The highest BCUT2D eigenvalue weighted by Gasteiger charge is 2.31. The Kier molecular flexibility index (Phi) is 13.3. The molecular weight excluding hydrogens is 530 g/mol. The number of hydrogen-bond donors (Lipinski definition) is 10. The number of guanidine groups is 1. The van der Waals surface area contributed by atoms with E-state index in [2.05, 4.69) is 20.9 Å². The lowest BCUT2D eigenvalue weighted by atomic mass is 10.0. The molecule has 17 heteroatoms. The minimum absolute atomic E-state index is 0.0539. The molecule has 40 heavy (non-hydrogen) atoms. The first-order valence-corrected chi connectivity index (χ1v) is 12.0. The average molecular weight is 566 g/mol. The maximum absolute atomic E-state index is 13.2. The molecule has 0 spiro atoms. The van der Waals surface area contributed by atoms with Crippen LogP contribution in [0.25, 0.3) is 0 Å². The SMILES string of the molecule is NC(=O)CC(N)C(=O)NC(Cc1ccc(O)cc1)C(=O)NC(CC(N)=O)C(=O)NC(CCCN=C(N)N)C(=O)O. The van der Waals surface area contributed by atoms with Crippen LogP contribution in [-0.2, 0) is 35.2 Å². The van der Waals surface area contributed by atoms with Gasteiger partial charge in [-0.25, -0.2) is 4.79 Å². The van der Waals surface area contributed by atoms with Crippen LogP contribution in [0.15, 0.2) is 29.3 Å². The number of nitrogens with zero attached hydrogens (tertiary/aromatic N) is 1. The number of hydrogen-bond acceptors (Lipinski definition) is 9. The molecule has 0 aliphatic carbocycles. The van der Waals surface area contributed by atoms with E-state index in [4.69, 9.17) is 28.7 Å². The van der Waals surface area contributed by atoms with Gasteiger partial charge in [0.05, 0.1) is 18.9 Å². The Morgan fingerprint density at radius 2 is 1.30 bits per heavy atom. The van der Waals surface area contributed by atoms with Crippen molar-refractivity contribution >= 4 is 41.5 Å². The van der Waals surface area contributed by atoms with Crippen LogP contribution in [0.4, 0.5) is 0 Å². The fraction of sp³-hybridized carbons (Fsp3) is 0.435. The Labute approximate surface area is 228 Å². The van der Waals surface area contributed by atoms with E-state index in [1.165, 1.54) is 24.3 Å². The third-order valence-electron chi connectivity index (χ3n) is 5.37. The van der Waals surface area contributed by atoms with Crippen LogP contribution in [0.3, 0.4) is 0 Å². The van der Waals surface area contributed by atoms with Gasteiger partial charge in [0.15, 0.2) is 5.96 Å². The molecule has 0 heterocycles. The molecule has 15 N–H and O–H groups in total. The molecule has 0 saturated carbocycles. The molecular formula is C23H35N9O8. The smallest absolute Gasteiger partial charge is 0.326 e. The molecule has 0 aliphatic heterocycles. The molecule has 0 bridgehead atoms. The van der Waals surface area contributed by atoms with Crippen molar-refractivity contribution in [2.45, 2.75) is 56.3 Å². The number of aliphatic carboxylic acids is 1. The van der Waals surface area contributed by atoms with Crippen molar-refractivity contribution in [1.82, 2.24) is 16.0 Å². The molecule has 0 aliphatic rings. The van der Waals surface area contributed by atoms with Crippen LogP contribution in [0.2, 0.25) is 0 Å². The van der Waals surface area contributed by atoms with Crippen molar-refractivity contribution in [3.63, 3.8) is 0 Å². The monoisotopic (exact) mass is 565 g/mol. The zero-order valence-corrected chi connectivity index (χ0v) is 21.5. The number of aromatic hydroxyl groups is 1. The summed E-state index contributed by atoms with van der Waals surface area (Å²) < 4.78 is 0. The Morgan fingerprint density at radius 3 is 1.82 bits per heavy atom. The third-order valence-corrected chi connectivity index (χ3v) is 5.37. The van der Waals surface area contributed by atoms with E-state index in [0.717, 1.165) is 0 Å². The van der Waals surface area contributed by atoms with Crippen molar-refractivity contribution < 1.29 is 39.0 Å². The summed E-state index contributed by atoms with van der Waals surface area (Å²) in [6.45, 7) is 0.0972. The third kappa shape index (κ3) is 12.5. The van der Waals surface area contributed by atoms with Crippen LogP contribution in [0, 0.1) is 0 Å². The fourth-order valence-electron chi connectivity index (χ4n) is 3.38. The predicted octanol–water partition coefficient (Wildman–Crippen LogP) is -4.39. The van der Waals surface area contributed by atoms with Crippen molar-refractivity contribution in [2.24, 2.45) is 33.7 Å². The normalized spacial score (nSPS) is 13.5. The zero-order valence-electron chi connectivity index (χ0n) is 21.5. The van der Waals surface area contributed by atoms with Gasteiger partial charge < -0.3 is 54.8 Å². The molecule has 220 valence electrons. The van der Waals surface area contributed by atoms with Gasteiger partial charge in [0.2, 0.25) is 29.5 Å².